The van der Waals surface area contributed by atoms with Crippen molar-refractivity contribution in [2.75, 3.05) is 13.1 Å². The molecule has 6 heteroatoms. The first-order valence-corrected chi connectivity index (χ1v) is 9.64. The molecule has 1 unspecified atom stereocenters. The number of phenols is 1. The Morgan fingerprint density at radius 3 is 2.82 bits per heavy atom. The molecule has 1 atom stereocenters. The van der Waals surface area contributed by atoms with Gasteiger partial charge in [0.25, 0.3) is 0 Å². The average Bonchev–Trinajstić information content (AvgIpc) is 3.17. The van der Waals surface area contributed by atoms with E-state index in [2.05, 4.69) is 14.5 Å². The Morgan fingerprint density at radius 2 is 2.00 bits per heavy atom. The molecule has 0 spiro atoms. The molecular weight excluding hydrogens is 352 g/mol. The first-order chi connectivity index (χ1) is 13.7. The average molecular weight is 376 g/mol. The summed E-state index contributed by atoms with van der Waals surface area (Å²) in [7, 11) is 0. The van der Waals surface area contributed by atoms with Gasteiger partial charge in [-0.2, -0.15) is 0 Å². The van der Waals surface area contributed by atoms with Crippen molar-refractivity contribution in [3.8, 4) is 5.75 Å². The van der Waals surface area contributed by atoms with Gasteiger partial charge in [-0.25, -0.2) is 4.98 Å². The number of aromatic hydroxyl groups is 1. The summed E-state index contributed by atoms with van der Waals surface area (Å²) >= 11 is 0. The van der Waals surface area contributed by atoms with Crippen LogP contribution in [-0.2, 0) is 17.8 Å². The van der Waals surface area contributed by atoms with Gasteiger partial charge < -0.3 is 14.6 Å². The SMILES string of the molecule is O=C(Cc1cccc(O)c1)N1CCCC(c2nccn2Cc2ccncc2)C1. The standard InChI is InChI=1S/C22H24N4O2/c27-20-5-1-3-18(13-20)14-21(28)25-11-2-4-19(16-25)22-24-10-12-26(22)15-17-6-8-23-9-7-17/h1,3,5-10,12-13,19,27H,2,4,11,14-16H2. The predicted molar refractivity (Wildman–Crippen MR) is 106 cm³/mol. The molecule has 28 heavy (non-hydrogen) atoms. The Labute approximate surface area is 164 Å². The van der Waals surface area contributed by atoms with Gasteiger partial charge in [0.05, 0.1) is 6.42 Å². The second-order valence-corrected chi connectivity index (χ2v) is 7.29. The van der Waals surface area contributed by atoms with Gasteiger partial charge in [0.15, 0.2) is 0 Å². The fourth-order valence-electron chi connectivity index (χ4n) is 3.87. The van der Waals surface area contributed by atoms with Gasteiger partial charge in [0.1, 0.15) is 11.6 Å². The van der Waals surface area contributed by atoms with Crippen molar-refractivity contribution < 1.29 is 9.90 Å². The highest BCUT2D eigenvalue weighted by Crippen LogP contribution is 2.27. The monoisotopic (exact) mass is 376 g/mol. The van der Waals surface area contributed by atoms with Crippen LogP contribution in [0.2, 0.25) is 0 Å². The maximum Gasteiger partial charge on any atom is 0.227 e. The number of piperidine rings is 1. The topological polar surface area (TPSA) is 71.2 Å². The van der Waals surface area contributed by atoms with Crippen molar-refractivity contribution in [3.63, 3.8) is 0 Å². The Balaban J connectivity index is 1.44. The van der Waals surface area contributed by atoms with Gasteiger partial charge in [0.2, 0.25) is 5.91 Å². The molecule has 1 aliphatic heterocycles. The molecular formula is C22H24N4O2. The van der Waals surface area contributed by atoms with Crippen molar-refractivity contribution in [1.82, 2.24) is 19.4 Å². The number of benzene rings is 1. The third-order valence-electron chi connectivity index (χ3n) is 5.26. The van der Waals surface area contributed by atoms with Gasteiger partial charge in [-0.05, 0) is 48.2 Å². The van der Waals surface area contributed by atoms with Crippen molar-refractivity contribution in [1.29, 1.82) is 0 Å². The molecule has 6 nitrogen and oxygen atoms in total. The molecule has 144 valence electrons. The number of hydrogen-bond donors (Lipinski definition) is 1. The first-order valence-electron chi connectivity index (χ1n) is 9.64. The maximum atomic E-state index is 12.8. The lowest BCUT2D eigenvalue weighted by Crippen LogP contribution is -2.40. The number of likely N-dealkylation sites (tertiary alicyclic amines) is 1. The number of aromatic nitrogens is 3. The van der Waals surface area contributed by atoms with E-state index in [4.69, 9.17) is 0 Å². The predicted octanol–water partition coefficient (Wildman–Crippen LogP) is 2.98. The number of amides is 1. The second kappa shape index (κ2) is 8.25. The van der Waals surface area contributed by atoms with Crippen molar-refractivity contribution in [2.24, 2.45) is 0 Å². The lowest BCUT2D eigenvalue weighted by molar-refractivity contribution is -0.131. The molecule has 1 N–H and O–H groups in total. The Morgan fingerprint density at radius 1 is 1.14 bits per heavy atom. The molecule has 1 fully saturated rings. The van der Waals surface area contributed by atoms with E-state index in [9.17, 15) is 9.90 Å². The van der Waals surface area contributed by atoms with E-state index in [1.54, 1.807) is 30.6 Å². The molecule has 2 aromatic heterocycles. The summed E-state index contributed by atoms with van der Waals surface area (Å²) in [5, 5.41) is 9.62. The van der Waals surface area contributed by atoms with Crippen LogP contribution in [0.25, 0.3) is 0 Å². The molecule has 1 aliphatic rings. The number of carbonyl (C=O) groups excluding carboxylic acids is 1. The Hall–Kier alpha value is -3.15. The normalized spacial score (nSPS) is 16.9. The van der Waals surface area contributed by atoms with Gasteiger partial charge >= 0.3 is 0 Å². The van der Waals surface area contributed by atoms with E-state index in [-0.39, 0.29) is 17.6 Å². The quantitative estimate of drug-likeness (QED) is 0.743. The number of imidazole rings is 1. The molecule has 0 aliphatic carbocycles. The van der Waals surface area contributed by atoms with Crippen molar-refractivity contribution >= 4 is 5.91 Å². The van der Waals surface area contributed by atoms with Crippen molar-refractivity contribution in [2.45, 2.75) is 31.7 Å². The minimum atomic E-state index is 0.0996. The Bertz CT molecular complexity index is 938. The van der Waals surface area contributed by atoms with E-state index in [0.29, 0.717) is 13.0 Å². The molecule has 0 bridgehead atoms. The number of hydrogen-bond acceptors (Lipinski definition) is 4. The summed E-state index contributed by atoms with van der Waals surface area (Å²) in [6.45, 7) is 2.22. The zero-order chi connectivity index (χ0) is 19.3. The van der Waals surface area contributed by atoms with E-state index in [1.165, 1.54) is 5.56 Å². The van der Waals surface area contributed by atoms with Gasteiger partial charge in [-0.15, -0.1) is 0 Å². The number of nitrogens with zero attached hydrogens (tertiary/aromatic N) is 4. The summed E-state index contributed by atoms with van der Waals surface area (Å²) in [4.78, 5) is 23.4. The smallest absolute Gasteiger partial charge is 0.227 e. The van der Waals surface area contributed by atoms with Gasteiger partial charge in [0, 0.05) is 50.3 Å². The summed E-state index contributed by atoms with van der Waals surface area (Å²) < 4.78 is 2.17. The number of rotatable bonds is 5. The van der Waals surface area contributed by atoms with Crippen LogP contribution >= 0.6 is 0 Å². The van der Waals surface area contributed by atoms with Crippen LogP contribution in [0.3, 0.4) is 0 Å². The van der Waals surface area contributed by atoms with Crippen LogP contribution < -0.4 is 0 Å². The molecule has 0 radical (unpaired) electrons. The minimum absolute atomic E-state index is 0.0996. The molecule has 4 rings (SSSR count). The fourth-order valence-corrected chi connectivity index (χ4v) is 3.87. The summed E-state index contributed by atoms with van der Waals surface area (Å²) in [5.41, 5.74) is 2.02. The summed E-state index contributed by atoms with van der Waals surface area (Å²) in [5.74, 6) is 1.56. The maximum absolute atomic E-state index is 12.8. The highest BCUT2D eigenvalue weighted by atomic mass is 16.3. The fraction of sp³-hybridized carbons (Fsp3) is 0.318. The third kappa shape index (κ3) is 4.22. The zero-order valence-electron chi connectivity index (χ0n) is 15.7. The second-order valence-electron chi connectivity index (χ2n) is 7.29. The molecule has 1 saturated heterocycles. The van der Waals surface area contributed by atoms with E-state index in [1.807, 2.05) is 35.5 Å². The molecule has 1 amide bonds. The molecule has 1 aromatic carbocycles. The van der Waals surface area contributed by atoms with Crippen LogP contribution in [0, 0.1) is 0 Å². The molecule has 3 aromatic rings. The van der Waals surface area contributed by atoms with Gasteiger partial charge in [-0.1, -0.05) is 12.1 Å². The van der Waals surface area contributed by atoms with Crippen molar-refractivity contribution in [3.05, 3.63) is 78.1 Å². The van der Waals surface area contributed by atoms with E-state index >= 15 is 0 Å². The van der Waals surface area contributed by atoms with Gasteiger partial charge in [-0.3, -0.25) is 9.78 Å². The molecule has 3 heterocycles. The number of pyridine rings is 1. The first kappa shape index (κ1) is 18.2. The van der Waals surface area contributed by atoms with E-state index < -0.39 is 0 Å². The lowest BCUT2D eigenvalue weighted by Gasteiger charge is -2.33. The van der Waals surface area contributed by atoms with Crippen LogP contribution in [0.5, 0.6) is 5.75 Å². The van der Waals surface area contributed by atoms with Crippen LogP contribution in [0.4, 0.5) is 0 Å². The summed E-state index contributed by atoms with van der Waals surface area (Å²) in [6, 6.07) is 10.9. The molecule has 0 saturated carbocycles. The largest absolute Gasteiger partial charge is 0.508 e. The number of carbonyl (C=O) groups is 1. The lowest BCUT2D eigenvalue weighted by atomic mass is 9.96. The van der Waals surface area contributed by atoms with Crippen LogP contribution in [0.15, 0.2) is 61.2 Å². The third-order valence-corrected chi connectivity index (χ3v) is 5.26. The Kier molecular flexibility index (Phi) is 5.37. The minimum Gasteiger partial charge on any atom is -0.508 e. The zero-order valence-corrected chi connectivity index (χ0v) is 15.7. The highest BCUT2D eigenvalue weighted by molar-refractivity contribution is 5.79. The van der Waals surface area contributed by atoms with Crippen LogP contribution in [-0.4, -0.2) is 43.5 Å². The number of phenolic OH excluding ortho intramolecular Hbond substituents is 1. The van der Waals surface area contributed by atoms with E-state index in [0.717, 1.165) is 37.3 Å². The summed E-state index contributed by atoms with van der Waals surface area (Å²) in [6.07, 6.45) is 9.75. The highest BCUT2D eigenvalue weighted by Gasteiger charge is 2.27. The van der Waals surface area contributed by atoms with Crippen LogP contribution in [0.1, 0.15) is 35.7 Å².